The van der Waals surface area contributed by atoms with Gasteiger partial charge in [0.2, 0.25) is 0 Å². The molecule has 8 heteroatoms. The van der Waals surface area contributed by atoms with Crippen LogP contribution in [0.2, 0.25) is 0 Å². The molecule has 4 saturated carbocycles. The van der Waals surface area contributed by atoms with E-state index in [-0.39, 0.29) is 38.9 Å². The van der Waals surface area contributed by atoms with Crippen LogP contribution in [0.25, 0.3) is 0 Å². The Labute approximate surface area is 321 Å². The maximum atomic E-state index is 14.0. The Bertz CT molecular complexity index is 1650. The van der Waals surface area contributed by atoms with E-state index in [9.17, 15) is 22.7 Å². The Hall–Kier alpha value is -1.51. The molecular formula is C45H71FN2O4S. The van der Waals surface area contributed by atoms with E-state index in [1.54, 1.807) is 0 Å². The molecule has 1 unspecified atom stereocenters. The van der Waals surface area contributed by atoms with Crippen molar-refractivity contribution in [3.05, 3.63) is 35.5 Å². The maximum absolute atomic E-state index is 14.0. The van der Waals surface area contributed by atoms with Crippen LogP contribution in [-0.4, -0.2) is 74.3 Å². The van der Waals surface area contributed by atoms with Gasteiger partial charge in [-0.2, -0.15) is 0 Å². The number of nitrogens with zero attached hydrogens (tertiary/aromatic N) is 1. The highest BCUT2D eigenvalue weighted by molar-refractivity contribution is 7.91. The zero-order valence-corrected chi connectivity index (χ0v) is 35.0. The van der Waals surface area contributed by atoms with Crippen molar-refractivity contribution in [2.24, 2.45) is 56.7 Å². The molecule has 53 heavy (non-hydrogen) atoms. The molecule has 6 nitrogen and oxygen atoms in total. The molecular weight excluding hydrogens is 684 g/mol. The Morgan fingerprint density at radius 3 is 2.25 bits per heavy atom. The van der Waals surface area contributed by atoms with Crippen LogP contribution in [0.3, 0.4) is 0 Å². The average Bonchev–Trinajstić information content (AvgIpc) is 3.48. The molecule has 2 N–H and O–H groups in total. The van der Waals surface area contributed by atoms with Crippen LogP contribution in [0.15, 0.2) is 35.5 Å². The van der Waals surface area contributed by atoms with Crippen LogP contribution in [0.4, 0.5) is 4.39 Å². The summed E-state index contributed by atoms with van der Waals surface area (Å²) in [6.07, 6.45) is 19.9. The van der Waals surface area contributed by atoms with Crippen LogP contribution in [0.5, 0.6) is 0 Å². The third-order valence-corrected chi connectivity index (χ3v) is 20.0. The van der Waals surface area contributed by atoms with Gasteiger partial charge in [0.25, 0.3) is 0 Å². The van der Waals surface area contributed by atoms with Gasteiger partial charge in [-0.15, -0.1) is 0 Å². The van der Waals surface area contributed by atoms with Crippen molar-refractivity contribution < 1.29 is 22.7 Å². The third-order valence-electron chi connectivity index (χ3n) is 18.4. The second-order valence-corrected chi connectivity index (χ2v) is 23.2. The lowest BCUT2D eigenvalue weighted by atomic mass is 9.33. The van der Waals surface area contributed by atoms with Gasteiger partial charge in [0.1, 0.15) is 16.5 Å². The van der Waals surface area contributed by atoms with Gasteiger partial charge < -0.3 is 15.3 Å². The number of fused-ring (bicyclic) bond motifs is 7. The van der Waals surface area contributed by atoms with Crippen LogP contribution in [-0.2, 0) is 14.6 Å². The van der Waals surface area contributed by atoms with Gasteiger partial charge in [0.15, 0.2) is 0 Å². The van der Waals surface area contributed by atoms with Crippen molar-refractivity contribution >= 4 is 15.8 Å². The van der Waals surface area contributed by atoms with E-state index in [1.807, 2.05) is 0 Å². The smallest absolute Gasteiger partial charge is 0.312 e. The van der Waals surface area contributed by atoms with E-state index in [1.165, 1.54) is 74.3 Å². The molecule has 1 saturated heterocycles. The summed E-state index contributed by atoms with van der Waals surface area (Å²) in [7, 11) is -2.96. The summed E-state index contributed by atoms with van der Waals surface area (Å²) in [5.74, 6) is 2.04. The molecule has 0 aromatic carbocycles. The zero-order chi connectivity index (χ0) is 38.4. The lowest BCUT2D eigenvalue weighted by Gasteiger charge is -2.72. The van der Waals surface area contributed by atoms with Gasteiger partial charge in [-0.25, -0.2) is 12.8 Å². The molecule has 298 valence electrons. The number of alkyl halides is 1. The molecule has 0 aromatic heterocycles. The molecule has 0 spiro atoms. The van der Waals surface area contributed by atoms with Crippen molar-refractivity contribution in [2.75, 3.05) is 39.1 Å². The lowest BCUT2D eigenvalue weighted by Crippen LogP contribution is -2.68. The number of allylic oxidation sites excluding steroid dienone is 5. The molecule has 6 aliphatic carbocycles. The van der Waals surface area contributed by atoms with Gasteiger partial charge in [-0.1, -0.05) is 58.9 Å². The summed E-state index contributed by atoms with van der Waals surface area (Å²) in [5.41, 5.74) is 3.65. The molecule has 1 aliphatic heterocycles. The van der Waals surface area contributed by atoms with E-state index in [4.69, 9.17) is 0 Å². The van der Waals surface area contributed by atoms with Crippen molar-refractivity contribution in [2.45, 2.75) is 142 Å². The van der Waals surface area contributed by atoms with Crippen molar-refractivity contribution in [1.29, 1.82) is 0 Å². The first-order chi connectivity index (χ1) is 24.8. The topological polar surface area (TPSA) is 86.7 Å². The summed E-state index contributed by atoms with van der Waals surface area (Å²) in [5, 5.41) is 13.9. The van der Waals surface area contributed by atoms with Crippen LogP contribution >= 0.6 is 0 Å². The van der Waals surface area contributed by atoms with Crippen LogP contribution < -0.4 is 5.32 Å². The summed E-state index contributed by atoms with van der Waals surface area (Å²) >= 11 is 0. The normalized spacial score (nSPS) is 44.5. The largest absolute Gasteiger partial charge is 0.481 e. The maximum Gasteiger partial charge on any atom is 0.312 e. The number of sulfone groups is 1. The van der Waals surface area contributed by atoms with Gasteiger partial charge in [0, 0.05) is 24.9 Å². The number of hydrogen-bond donors (Lipinski definition) is 2. The van der Waals surface area contributed by atoms with Crippen molar-refractivity contribution in [3.8, 4) is 0 Å². The first kappa shape index (κ1) is 39.7. The molecule has 0 bridgehead atoms. The van der Waals surface area contributed by atoms with Crippen LogP contribution in [0.1, 0.15) is 131 Å². The van der Waals surface area contributed by atoms with Crippen molar-refractivity contribution in [3.63, 3.8) is 0 Å². The van der Waals surface area contributed by atoms with E-state index in [0.717, 1.165) is 45.4 Å². The monoisotopic (exact) mass is 755 g/mol. The molecule has 1 heterocycles. The Morgan fingerprint density at radius 1 is 0.925 bits per heavy atom. The summed E-state index contributed by atoms with van der Waals surface area (Å²) < 4.78 is 38.3. The first-order valence-electron chi connectivity index (χ1n) is 21.3. The SMILES string of the molecule is C=C(C)[C@@H]1CC[C@]2(NCCN3CCC(S(C)(=O)=O)CC3)CC[C@]3(C)[C@H](CC[C@@H]4[C@@]5(C)CC=C(C6=CCC(CF)(C(=O)O)CC6)C(C)(C)[C@@H]5CC[C@]43C)[C@@H]12. The van der Waals surface area contributed by atoms with E-state index < -0.39 is 27.9 Å². The number of rotatable bonds is 9. The molecule has 0 amide bonds. The number of carboxylic acids is 1. The molecule has 7 rings (SSSR count). The minimum atomic E-state index is -2.96. The number of carbonyl (C=O) groups is 1. The zero-order valence-electron chi connectivity index (χ0n) is 34.2. The highest BCUT2D eigenvalue weighted by atomic mass is 32.2. The number of carboxylic acid groups (broad SMARTS) is 1. The van der Waals surface area contributed by atoms with Crippen LogP contribution in [0, 0.1) is 56.7 Å². The minimum Gasteiger partial charge on any atom is -0.481 e. The van der Waals surface area contributed by atoms with Gasteiger partial charge in [-0.05, 0) is 172 Å². The number of likely N-dealkylation sites (tertiary alicyclic amines) is 1. The van der Waals surface area contributed by atoms with E-state index in [0.29, 0.717) is 42.4 Å². The second-order valence-electron chi connectivity index (χ2n) is 20.8. The lowest BCUT2D eigenvalue weighted by molar-refractivity contribution is -0.221. The first-order valence-corrected chi connectivity index (χ1v) is 23.2. The molecule has 7 aliphatic rings. The number of hydrogen-bond acceptors (Lipinski definition) is 5. The quantitative estimate of drug-likeness (QED) is 0.229. The number of piperidine rings is 1. The third kappa shape index (κ3) is 6.10. The van der Waals surface area contributed by atoms with E-state index >= 15 is 0 Å². The molecule has 10 atom stereocenters. The fourth-order valence-corrected chi connectivity index (χ4v) is 16.2. The fourth-order valence-electron chi connectivity index (χ4n) is 15.1. The van der Waals surface area contributed by atoms with Gasteiger partial charge >= 0.3 is 5.97 Å². The highest BCUT2D eigenvalue weighted by Gasteiger charge is 2.70. The number of nitrogens with one attached hydrogen (secondary N) is 1. The van der Waals surface area contributed by atoms with Crippen molar-refractivity contribution in [1.82, 2.24) is 10.2 Å². The summed E-state index contributed by atoms with van der Waals surface area (Å²) in [6.45, 7) is 22.8. The summed E-state index contributed by atoms with van der Waals surface area (Å²) in [6, 6.07) is 0. The van der Waals surface area contributed by atoms with Gasteiger partial charge in [-0.3, -0.25) is 4.79 Å². The Kier molecular flexibility index (Phi) is 10.2. The van der Waals surface area contributed by atoms with Gasteiger partial charge in [0.05, 0.1) is 10.7 Å². The predicted octanol–water partition coefficient (Wildman–Crippen LogP) is 9.18. The fraction of sp³-hybridized carbons (Fsp3) is 0.844. The Morgan fingerprint density at radius 2 is 1.64 bits per heavy atom. The molecule has 0 aromatic rings. The highest BCUT2D eigenvalue weighted by Crippen LogP contribution is 2.76. The second kappa shape index (κ2) is 13.6. The standard InChI is InChI=1S/C45H71FN2O4S/c1-30(2)33-13-22-45(47-25-28-48-26-16-32(17-27-48)53(8,51)52)24-23-42(6)35(38(33)45)9-10-37-41(5)18-14-34(40(3,4)36(41)15-19-43(37,42)7)31-11-20-44(29-46,21-12-31)39(49)50/h11,14,32-33,35-38,47H,1,9-10,12-13,15-29H2,2-8H3,(H,49,50)/t33-,35+,36-,37+,38+,41-,42+,43+,44?,45-/m0/s1. The number of halogens is 1. The van der Waals surface area contributed by atoms with E-state index in [2.05, 4.69) is 70.5 Å². The molecule has 0 radical (unpaired) electrons. The Balaban J connectivity index is 1.11. The number of aliphatic carboxylic acids is 1. The molecule has 5 fully saturated rings. The average molecular weight is 755 g/mol. The minimum absolute atomic E-state index is 0.0148. The predicted molar refractivity (Wildman–Crippen MR) is 213 cm³/mol. The summed E-state index contributed by atoms with van der Waals surface area (Å²) in [4.78, 5) is 14.5.